The third-order valence-electron chi connectivity index (χ3n) is 4.37. The van der Waals surface area contributed by atoms with Crippen LogP contribution in [0, 0.1) is 0 Å². The van der Waals surface area contributed by atoms with Crippen LogP contribution in [-0.4, -0.2) is 29.2 Å². The number of carboxylic acid groups (broad SMARTS) is 1. The summed E-state index contributed by atoms with van der Waals surface area (Å²) in [7, 11) is 0. The lowest BCUT2D eigenvalue weighted by Crippen LogP contribution is -2.43. The third-order valence-corrected chi connectivity index (χ3v) is 4.37. The number of aliphatic carboxylic acids is 1. The summed E-state index contributed by atoms with van der Waals surface area (Å²) in [6.07, 6.45) is 3.47. The summed E-state index contributed by atoms with van der Waals surface area (Å²) in [6, 6.07) is 18.3. The molecule has 3 rings (SSSR count). The molecule has 27 heavy (non-hydrogen) atoms. The van der Waals surface area contributed by atoms with E-state index in [1.807, 2.05) is 36.4 Å². The molecule has 2 aromatic rings. The van der Waals surface area contributed by atoms with Gasteiger partial charge in [0.2, 0.25) is 0 Å². The zero-order chi connectivity index (χ0) is 19.3. The van der Waals surface area contributed by atoms with E-state index >= 15 is 0 Å². The van der Waals surface area contributed by atoms with E-state index < -0.39 is 11.6 Å². The van der Waals surface area contributed by atoms with E-state index in [4.69, 9.17) is 4.74 Å². The van der Waals surface area contributed by atoms with Crippen molar-refractivity contribution in [2.75, 3.05) is 6.61 Å². The summed E-state index contributed by atoms with van der Waals surface area (Å²) in [5.41, 5.74) is 1.06. The van der Waals surface area contributed by atoms with E-state index in [0.717, 1.165) is 11.1 Å². The van der Waals surface area contributed by atoms with E-state index in [-0.39, 0.29) is 18.9 Å². The summed E-state index contributed by atoms with van der Waals surface area (Å²) in [4.78, 5) is 24.6. The Morgan fingerprint density at radius 2 is 1.70 bits per heavy atom. The highest BCUT2D eigenvalue weighted by atomic mass is 16.5. The third kappa shape index (κ3) is 4.15. The molecule has 0 aliphatic heterocycles. The summed E-state index contributed by atoms with van der Waals surface area (Å²) in [5.74, 6) is -1.39. The van der Waals surface area contributed by atoms with E-state index in [9.17, 15) is 14.7 Å². The standard InChI is InChI=1S/C22H21NO4/c1-2-27-22(21(25)26)14-18(16-9-5-3-6-10-16)13-19(15-22)23-20(24)17-11-7-4-8-12-17/h3-13,15H,2,14H2,1H3,(H,23,24)(H,25,26). The van der Waals surface area contributed by atoms with E-state index in [2.05, 4.69) is 5.32 Å². The molecule has 0 saturated heterocycles. The van der Waals surface area contributed by atoms with Gasteiger partial charge in [-0.2, -0.15) is 0 Å². The van der Waals surface area contributed by atoms with Gasteiger partial charge in [0.05, 0.1) is 0 Å². The highest BCUT2D eigenvalue weighted by Crippen LogP contribution is 2.35. The normalized spacial score (nSPS) is 19.0. The Morgan fingerprint density at radius 3 is 2.30 bits per heavy atom. The summed E-state index contributed by atoms with van der Waals surface area (Å²) in [6.45, 7) is 1.99. The van der Waals surface area contributed by atoms with Crippen molar-refractivity contribution in [1.82, 2.24) is 5.32 Å². The monoisotopic (exact) mass is 363 g/mol. The first-order valence-corrected chi connectivity index (χ1v) is 8.76. The molecule has 0 heterocycles. The maximum absolute atomic E-state index is 12.5. The highest BCUT2D eigenvalue weighted by Gasteiger charge is 2.41. The van der Waals surface area contributed by atoms with Crippen molar-refractivity contribution in [2.24, 2.45) is 0 Å². The second kappa shape index (κ2) is 8.01. The van der Waals surface area contributed by atoms with Crippen LogP contribution in [-0.2, 0) is 9.53 Å². The molecule has 0 fully saturated rings. The molecule has 1 aliphatic rings. The Bertz CT molecular complexity index is 887. The topological polar surface area (TPSA) is 75.6 Å². The van der Waals surface area contributed by atoms with Crippen LogP contribution in [0.2, 0.25) is 0 Å². The van der Waals surface area contributed by atoms with Crippen molar-refractivity contribution in [1.29, 1.82) is 0 Å². The van der Waals surface area contributed by atoms with Gasteiger partial charge in [-0.15, -0.1) is 0 Å². The first-order chi connectivity index (χ1) is 13.0. The van der Waals surface area contributed by atoms with Crippen molar-refractivity contribution in [2.45, 2.75) is 18.9 Å². The minimum absolute atomic E-state index is 0.185. The first kappa shape index (κ1) is 18.6. The van der Waals surface area contributed by atoms with Crippen molar-refractivity contribution < 1.29 is 19.4 Å². The Hall–Kier alpha value is -3.18. The molecule has 0 spiro atoms. The lowest BCUT2D eigenvalue weighted by molar-refractivity contribution is -0.158. The van der Waals surface area contributed by atoms with Crippen LogP contribution in [0.1, 0.15) is 29.3 Å². The smallest absolute Gasteiger partial charge is 0.340 e. The van der Waals surface area contributed by atoms with Gasteiger partial charge in [0.1, 0.15) is 0 Å². The van der Waals surface area contributed by atoms with Gasteiger partial charge in [0.25, 0.3) is 5.91 Å². The molecule has 0 bridgehead atoms. The van der Waals surface area contributed by atoms with Crippen LogP contribution in [0.25, 0.3) is 5.57 Å². The fourth-order valence-corrected chi connectivity index (χ4v) is 3.12. The maximum atomic E-state index is 12.5. The maximum Gasteiger partial charge on any atom is 0.340 e. The van der Waals surface area contributed by atoms with Crippen molar-refractivity contribution >= 4 is 17.4 Å². The summed E-state index contributed by atoms with van der Waals surface area (Å²) in [5, 5.41) is 12.6. The molecule has 0 saturated carbocycles. The van der Waals surface area contributed by atoms with Gasteiger partial charge in [0.15, 0.2) is 5.60 Å². The molecular formula is C22H21NO4. The Balaban J connectivity index is 1.99. The first-order valence-electron chi connectivity index (χ1n) is 8.76. The zero-order valence-electron chi connectivity index (χ0n) is 15.0. The van der Waals surface area contributed by atoms with Gasteiger partial charge in [-0.05, 0) is 42.3 Å². The van der Waals surface area contributed by atoms with Crippen molar-refractivity contribution in [3.05, 3.63) is 89.6 Å². The average molecular weight is 363 g/mol. The van der Waals surface area contributed by atoms with Crippen LogP contribution < -0.4 is 5.32 Å². The van der Waals surface area contributed by atoms with E-state index in [1.165, 1.54) is 6.08 Å². The van der Waals surface area contributed by atoms with E-state index in [0.29, 0.717) is 11.3 Å². The molecule has 0 radical (unpaired) electrons. The van der Waals surface area contributed by atoms with Gasteiger partial charge >= 0.3 is 5.97 Å². The van der Waals surface area contributed by atoms with Crippen LogP contribution in [0.3, 0.4) is 0 Å². The predicted octanol–water partition coefficient (Wildman–Crippen LogP) is 3.65. The number of carbonyl (C=O) groups excluding carboxylic acids is 1. The molecule has 5 heteroatoms. The second-order valence-electron chi connectivity index (χ2n) is 6.26. The van der Waals surface area contributed by atoms with Gasteiger partial charge in [-0.3, -0.25) is 4.79 Å². The van der Waals surface area contributed by atoms with Gasteiger partial charge in [0, 0.05) is 24.3 Å². The molecule has 138 valence electrons. The SMILES string of the molecule is CCOC1(C(=O)O)C=C(NC(=O)c2ccccc2)C=C(c2ccccc2)C1. The Labute approximate surface area is 158 Å². The van der Waals surface area contributed by atoms with Crippen LogP contribution >= 0.6 is 0 Å². The summed E-state index contributed by atoms with van der Waals surface area (Å²) < 4.78 is 5.63. The zero-order valence-corrected chi connectivity index (χ0v) is 15.0. The van der Waals surface area contributed by atoms with Crippen LogP contribution in [0.5, 0.6) is 0 Å². The number of carboxylic acids is 1. The molecule has 1 amide bonds. The van der Waals surface area contributed by atoms with Gasteiger partial charge in [-0.25, -0.2) is 4.79 Å². The van der Waals surface area contributed by atoms with Gasteiger partial charge in [-0.1, -0.05) is 48.5 Å². The molecule has 0 aromatic heterocycles. The average Bonchev–Trinajstić information content (AvgIpc) is 2.69. The van der Waals surface area contributed by atoms with Crippen molar-refractivity contribution in [3.63, 3.8) is 0 Å². The minimum atomic E-state index is -1.52. The molecule has 1 unspecified atom stereocenters. The molecule has 2 N–H and O–H groups in total. The quantitative estimate of drug-likeness (QED) is 0.821. The summed E-state index contributed by atoms with van der Waals surface area (Å²) >= 11 is 0. The number of hydrogen-bond donors (Lipinski definition) is 2. The fourth-order valence-electron chi connectivity index (χ4n) is 3.12. The molecule has 2 aromatic carbocycles. The lowest BCUT2D eigenvalue weighted by atomic mass is 9.85. The number of allylic oxidation sites excluding steroid dienone is 1. The molecular weight excluding hydrogens is 342 g/mol. The predicted molar refractivity (Wildman–Crippen MR) is 103 cm³/mol. The van der Waals surface area contributed by atoms with Crippen LogP contribution in [0.4, 0.5) is 0 Å². The number of benzene rings is 2. The number of amides is 1. The second-order valence-corrected chi connectivity index (χ2v) is 6.26. The molecule has 1 atom stereocenters. The molecule has 1 aliphatic carbocycles. The minimum Gasteiger partial charge on any atom is -0.479 e. The molecule has 5 nitrogen and oxygen atoms in total. The lowest BCUT2D eigenvalue weighted by Gasteiger charge is -2.31. The Morgan fingerprint density at radius 1 is 1.07 bits per heavy atom. The number of nitrogens with one attached hydrogen (secondary N) is 1. The van der Waals surface area contributed by atoms with E-state index in [1.54, 1.807) is 37.3 Å². The van der Waals surface area contributed by atoms with Crippen molar-refractivity contribution in [3.8, 4) is 0 Å². The van der Waals surface area contributed by atoms with Gasteiger partial charge < -0.3 is 15.2 Å². The number of carbonyl (C=O) groups is 2. The highest BCUT2D eigenvalue weighted by molar-refractivity contribution is 5.96. The largest absolute Gasteiger partial charge is 0.479 e. The fraction of sp³-hybridized carbons (Fsp3) is 0.182. The van der Waals surface area contributed by atoms with Crippen LogP contribution in [0.15, 0.2) is 78.5 Å². The number of ether oxygens (including phenoxy) is 1. The number of rotatable bonds is 6. The number of hydrogen-bond acceptors (Lipinski definition) is 3. The Kier molecular flexibility index (Phi) is 5.52.